The molecule has 30 heavy (non-hydrogen) atoms. The van der Waals surface area contributed by atoms with Gasteiger partial charge in [-0.05, 0) is 29.8 Å². The van der Waals surface area contributed by atoms with E-state index in [9.17, 15) is 4.79 Å². The van der Waals surface area contributed by atoms with Crippen LogP contribution in [0.3, 0.4) is 0 Å². The highest BCUT2D eigenvalue weighted by atomic mass is 16.7. The molecule has 7 heteroatoms. The number of hydrogen-bond acceptors (Lipinski definition) is 6. The standard InChI is InChI=1S/C23H25NO6/c1-26-16-6-4-15(5-7-16)17-14-24(11-10-20-29-12-13-30-20)22-19(28-3)9-8-18(27-2)21(22)23(17)25/h4-9,14,20H,10-13H2,1-3H3. The van der Waals surface area contributed by atoms with Crippen molar-refractivity contribution in [3.05, 3.63) is 52.8 Å². The Balaban J connectivity index is 1.90. The number of pyridine rings is 1. The summed E-state index contributed by atoms with van der Waals surface area (Å²) >= 11 is 0. The molecule has 0 spiro atoms. The van der Waals surface area contributed by atoms with Crippen molar-refractivity contribution in [1.82, 2.24) is 4.57 Å². The number of fused-ring (bicyclic) bond motifs is 1. The quantitative estimate of drug-likeness (QED) is 0.593. The predicted octanol–water partition coefficient (Wildman–Crippen LogP) is 3.46. The number of nitrogens with zero attached hydrogens (tertiary/aromatic N) is 1. The van der Waals surface area contributed by atoms with E-state index in [0.717, 1.165) is 11.3 Å². The van der Waals surface area contributed by atoms with Gasteiger partial charge in [-0.2, -0.15) is 0 Å². The Bertz CT molecular complexity index is 1080. The molecule has 0 atom stereocenters. The van der Waals surface area contributed by atoms with Crippen LogP contribution < -0.4 is 19.6 Å². The molecule has 2 heterocycles. The molecule has 3 aromatic rings. The van der Waals surface area contributed by atoms with Crippen LogP contribution in [0, 0.1) is 0 Å². The van der Waals surface area contributed by atoms with Crippen molar-refractivity contribution >= 4 is 10.9 Å². The second-order valence-electron chi connectivity index (χ2n) is 6.95. The lowest BCUT2D eigenvalue weighted by Crippen LogP contribution is -2.17. The SMILES string of the molecule is COc1ccc(-c2cn(CCC3OCCO3)c3c(OC)ccc(OC)c3c2=O)cc1. The molecule has 4 rings (SSSR count). The van der Waals surface area contributed by atoms with Gasteiger partial charge >= 0.3 is 0 Å². The van der Waals surface area contributed by atoms with Crippen LogP contribution in [0.25, 0.3) is 22.0 Å². The van der Waals surface area contributed by atoms with Crippen molar-refractivity contribution in [3.8, 4) is 28.4 Å². The van der Waals surface area contributed by atoms with E-state index in [4.69, 9.17) is 23.7 Å². The van der Waals surface area contributed by atoms with Crippen LogP contribution in [0.2, 0.25) is 0 Å². The van der Waals surface area contributed by atoms with Gasteiger partial charge in [-0.1, -0.05) is 12.1 Å². The van der Waals surface area contributed by atoms with E-state index in [-0.39, 0.29) is 11.7 Å². The van der Waals surface area contributed by atoms with E-state index in [1.165, 1.54) is 0 Å². The summed E-state index contributed by atoms with van der Waals surface area (Å²) in [5.74, 6) is 1.85. The Morgan fingerprint density at radius 3 is 2.23 bits per heavy atom. The molecule has 0 amide bonds. The summed E-state index contributed by atoms with van der Waals surface area (Å²) in [7, 11) is 4.77. The Labute approximate surface area is 174 Å². The molecule has 1 aliphatic heterocycles. The fourth-order valence-corrected chi connectivity index (χ4v) is 3.78. The third-order valence-electron chi connectivity index (χ3n) is 5.28. The monoisotopic (exact) mass is 411 g/mol. The molecule has 158 valence electrons. The summed E-state index contributed by atoms with van der Waals surface area (Å²) in [5, 5.41) is 0.485. The zero-order chi connectivity index (χ0) is 21.1. The summed E-state index contributed by atoms with van der Waals surface area (Å²) < 4.78 is 29.5. The summed E-state index contributed by atoms with van der Waals surface area (Å²) in [4.78, 5) is 13.5. The number of aromatic nitrogens is 1. The fourth-order valence-electron chi connectivity index (χ4n) is 3.78. The molecule has 0 unspecified atom stereocenters. The van der Waals surface area contributed by atoms with Gasteiger partial charge in [-0.3, -0.25) is 4.79 Å². The molecule has 1 aliphatic rings. The van der Waals surface area contributed by atoms with Gasteiger partial charge in [0, 0.05) is 24.7 Å². The third-order valence-corrected chi connectivity index (χ3v) is 5.28. The van der Waals surface area contributed by atoms with E-state index in [2.05, 4.69) is 0 Å². The molecule has 2 aromatic carbocycles. The van der Waals surface area contributed by atoms with Crippen molar-refractivity contribution < 1.29 is 23.7 Å². The lowest BCUT2D eigenvalue weighted by molar-refractivity contribution is -0.0489. The van der Waals surface area contributed by atoms with Crippen molar-refractivity contribution in [1.29, 1.82) is 0 Å². The highest BCUT2D eigenvalue weighted by Crippen LogP contribution is 2.33. The molecule has 1 fully saturated rings. The Hall–Kier alpha value is -3.03. The number of methoxy groups -OCH3 is 3. The molecule has 0 N–H and O–H groups in total. The van der Waals surface area contributed by atoms with Gasteiger partial charge in [0.25, 0.3) is 0 Å². The first-order valence-corrected chi connectivity index (χ1v) is 9.82. The topological polar surface area (TPSA) is 68.2 Å². The average Bonchev–Trinajstić information content (AvgIpc) is 3.31. The van der Waals surface area contributed by atoms with Gasteiger partial charge in [0.2, 0.25) is 5.43 Å². The summed E-state index contributed by atoms with van der Waals surface area (Å²) in [6.45, 7) is 1.79. The van der Waals surface area contributed by atoms with Crippen molar-refractivity contribution in [3.63, 3.8) is 0 Å². The molecular weight excluding hydrogens is 386 g/mol. The lowest BCUT2D eigenvalue weighted by Gasteiger charge is -2.19. The average molecular weight is 411 g/mol. The molecule has 0 bridgehead atoms. The zero-order valence-electron chi connectivity index (χ0n) is 17.3. The van der Waals surface area contributed by atoms with Gasteiger partial charge in [-0.25, -0.2) is 0 Å². The van der Waals surface area contributed by atoms with Crippen LogP contribution in [0.5, 0.6) is 17.2 Å². The maximum Gasteiger partial charge on any atom is 0.201 e. The van der Waals surface area contributed by atoms with E-state index in [0.29, 0.717) is 54.1 Å². The second kappa shape index (κ2) is 8.77. The van der Waals surface area contributed by atoms with Gasteiger partial charge in [0.05, 0.1) is 45.4 Å². The van der Waals surface area contributed by atoms with Crippen LogP contribution >= 0.6 is 0 Å². The van der Waals surface area contributed by atoms with Crippen LogP contribution in [-0.2, 0) is 16.0 Å². The van der Waals surface area contributed by atoms with Gasteiger partial charge in [-0.15, -0.1) is 0 Å². The smallest absolute Gasteiger partial charge is 0.201 e. The normalized spacial score (nSPS) is 14.2. The van der Waals surface area contributed by atoms with E-state index in [1.807, 2.05) is 41.1 Å². The number of benzene rings is 2. The minimum atomic E-state index is -0.250. The van der Waals surface area contributed by atoms with Gasteiger partial charge in [0.1, 0.15) is 17.2 Å². The number of aryl methyl sites for hydroxylation is 1. The van der Waals surface area contributed by atoms with Crippen molar-refractivity contribution in [2.45, 2.75) is 19.3 Å². The van der Waals surface area contributed by atoms with Crippen LogP contribution in [-0.4, -0.2) is 45.4 Å². The van der Waals surface area contributed by atoms with Crippen LogP contribution in [0.15, 0.2) is 47.4 Å². The number of ether oxygens (including phenoxy) is 5. The van der Waals surface area contributed by atoms with E-state index >= 15 is 0 Å². The Morgan fingerprint density at radius 1 is 0.933 bits per heavy atom. The predicted molar refractivity (Wildman–Crippen MR) is 114 cm³/mol. The maximum atomic E-state index is 13.5. The van der Waals surface area contributed by atoms with Crippen molar-refractivity contribution in [2.75, 3.05) is 34.5 Å². The first kappa shape index (κ1) is 20.3. The first-order valence-electron chi connectivity index (χ1n) is 9.82. The van der Waals surface area contributed by atoms with E-state index < -0.39 is 0 Å². The molecule has 7 nitrogen and oxygen atoms in total. The zero-order valence-corrected chi connectivity index (χ0v) is 17.3. The highest BCUT2D eigenvalue weighted by molar-refractivity contribution is 5.93. The molecule has 1 aromatic heterocycles. The van der Waals surface area contributed by atoms with Crippen LogP contribution in [0.4, 0.5) is 0 Å². The summed E-state index contributed by atoms with van der Waals surface area (Å²) in [5.41, 5.74) is 1.95. The lowest BCUT2D eigenvalue weighted by atomic mass is 10.0. The van der Waals surface area contributed by atoms with E-state index in [1.54, 1.807) is 27.4 Å². The minimum Gasteiger partial charge on any atom is -0.497 e. The number of hydrogen-bond donors (Lipinski definition) is 0. The highest BCUT2D eigenvalue weighted by Gasteiger charge is 2.21. The minimum absolute atomic E-state index is 0.115. The van der Waals surface area contributed by atoms with Gasteiger partial charge < -0.3 is 28.3 Å². The second-order valence-corrected chi connectivity index (χ2v) is 6.95. The summed E-state index contributed by atoms with van der Waals surface area (Å²) in [6.07, 6.45) is 2.27. The molecule has 1 saturated heterocycles. The fraction of sp³-hybridized carbons (Fsp3) is 0.348. The molecule has 0 radical (unpaired) electrons. The first-order chi connectivity index (χ1) is 14.7. The van der Waals surface area contributed by atoms with Crippen LogP contribution in [0.1, 0.15) is 6.42 Å². The molecule has 0 saturated carbocycles. The number of rotatable bonds is 7. The third kappa shape index (κ3) is 3.74. The summed E-state index contributed by atoms with van der Waals surface area (Å²) in [6, 6.07) is 11.0. The Morgan fingerprint density at radius 2 is 1.60 bits per heavy atom. The van der Waals surface area contributed by atoms with Gasteiger partial charge in [0.15, 0.2) is 6.29 Å². The van der Waals surface area contributed by atoms with Crippen molar-refractivity contribution in [2.24, 2.45) is 0 Å². The maximum absolute atomic E-state index is 13.5. The molecule has 0 aliphatic carbocycles. The molecular formula is C23H25NO6. The Kier molecular flexibility index (Phi) is 5.92. The largest absolute Gasteiger partial charge is 0.497 e.